The van der Waals surface area contributed by atoms with Crippen LogP contribution in [-0.4, -0.2) is 0 Å². The summed E-state index contributed by atoms with van der Waals surface area (Å²) in [5.41, 5.74) is 4.23. The Kier molecular flexibility index (Phi) is 3.82. The molecule has 0 atom stereocenters. The monoisotopic (exact) mass is 254 g/mol. The minimum Gasteiger partial charge on any atom is -0.381 e. The average molecular weight is 254 g/mol. The van der Waals surface area contributed by atoms with E-state index in [0.717, 1.165) is 16.8 Å². The number of hydrogen-bond donors (Lipinski definition) is 1. The summed E-state index contributed by atoms with van der Waals surface area (Å²) in [4.78, 5) is 0. The molecule has 0 spiro atoms. The molecule has 19 heavy (non-hydrogen) atoms. The van der Waals surface area contributed by atoms with Crippen LogP contribution in [0.4, 0.5) is 10.1 Å². The summed E-state index contributed by atoms with van der Waals surface area (Å²) >= 11 is 0. The van der Waals surface area contributed by atoms with Gasteiger partial charge in [-0.3, -0.25) is 0 Å². The SMILES string of the molecule is Cc1cc(C#N)ccc1CNc1cccc(F)c1C. The Morgan fingerprint density at radius 2 is 2.00 bits per heavy atom. The summed E-state index contributed by atoms with van der Waals surface area (Å²) in [5.74, 6) is -0.207. The van der Waals surface area contributed by atoms with E-state index in [0.29, 0.717) is 17.7 Å². The summed E-state index contributed by atoms with van der Waals surface area (Å²) in [6.07, 6.45) is 0. The third-order valence-electron chi connectivity index (χ3n) is 3.21. The zero-order valence-electron chi connectivity index (χ0n) is 11.0. The number of aryl methyl sites for hydroxylation is 1. The highest BCUT2D eigenvalue weighted by atomic mass is 19.1. The largest absolute Gasteiger partial charge is 0.381 e. The molecule has 3 heteroatoms. The average Bonchev–Trinajstić information content (AvgIpc) is 2.41. The summed E-state index contributed by atoms with van der Waals surface area (Å²) in [7, 11) is 0. The van der Waals surface area contributed by atoms with E-state index in [9.17, 15) is 4.39 Å². The molecule has 0 aliphatic heterocycles. The van der Waals surface area contributed by atoms with Crippen LogP contribution in [-0.2, 0) is 6.54 Å². The van der Waals surface area contributed by atoms with Crippen LogP contribution in [0.5, 0.6) is 0 Å². The fraction of sp³-hybridized carbons (Fsp3) is 0.188. The molecule has 2 aromatic carbocycles. The molecule has 0 radical (unpaired) electrons. The molecule has 0 fully saturated rings. The number of halogens is 1. The fourth-order valence-corrected chi connectivity index (χ4v) is 1.95. The Morgan fingerprint density at radius 1 is 1.21 bits per heavy atom. The number of rotatable bonds is 3. The Hall–Kier alpha value is -2.34. The van der Waals surface area contributed by atoms with E-state index >= 15 is 0 Å². The molecule has 96 valence electrons. The second-order valence-electron chi connectivity index (χ2n) is 4.52. The van der Waals surface area contributed by atoms with Crippen LogP contribution in [0.25, 0.3) is 0 Å². The van der Waals surface area contributed by atoms with E-state index in [-0.39, 0.29) is 5.82 Å². The van der Waals surface area contributed by atoms with Crippen molar-refractivity contribution in [3.05, 3.63) is 64.5 Å². The second-order valence-corrected chi connectivity index (χ2v) is 4.52. The summed E-state index contributed by atoms with van der Waals surface area (Å²) in [6, 6.07) is 12.7. The van der Waals surface area contributed by atoms with Crippen LogP contribution in [0.2, 0.25) is 0 Å². The smallest absolute Gasteiger partial charge is 0.128 e. The molecule has 0 amide bonds. The zero-order chi connectivity index (χ0) is 13.8. The van der Waals surface area contributed by atoms with Crippen molar-refractivity contribution in [2.24, 2.45) is 0 Å². The van der Waals surface area contributed by atoms with Crippen LogP contribution >= 0.6 is 0 Å². The Bertz CT molecular complexity index is 642. The number of nitrogens with zero attached hydrogens (tertiary/aromatic N) is 1. The summed E-state index contributed by atoms with van der Waals surface area (Å²) in [6.45, 7) is 4.33. The molecule has 2 nitrogen and oxygen atoms in total. The Balaban J connectivity index is 2.15. The van der Waals surface area contributed by atoms with Crippen molar-refractivity contribution in [3.63, 3.8) is 0 Å². The van der Waals surface area contributed by atoms with Crippen LogP contribution < -0.4 is 5.32 Å². The lowest BCUT2D eigenvalue weighted by Crippen LogP contribution is -2.03. The lowest BCUT2D eigenvalue weighted by molar-refractivity contribution is 0.619. The standard InChI is InChI=1S/C16H15FN2/c1-11-8-13(9-18)6-7-14(11)10-19-16-5-3-4-15(17)12(16)2/h3-8,19H,10H2,1-2H3. The molecule has 2 rings (SSSR count). The van der Waals surface area contributed by atoms with Gasteiger partial charge in [-0.1, -0.05) is 12.1 Å². The van der Waals surface area contributed by atoms with Crippen molar-refractivity contribution in [3.8, 4) is 6.07 Å². The van der Waals surface area contributed by atoms with Crippen molar-refractivity contribution in [2.45, 2.75) is 20.4 Å². The molecule has 0 aliphatic carbocycles. The van der Waals surface area contributed by atoms with Gasteiger partial charge < -0.3 is 5.32 Å². The minimum atomic E-state index is -0.207. The first-order valence-corrected chi connectivity index (χ1v) is 6.10. The number of nitriles is 1. The number of benzene rings is 2. The Morgan fingerprint density at radius 3 is 2.68 bits per heavy atom. The van der Waals surface area contributed by atoms with Gasteiger partial charge in [-0.05, 0) is 49.2 Å². The second kappa shape index (κ2) is 5.53. The lowest BCUT2D eigenvalue weighted by Gasteiger charge is -2.12. The van der Waals surface area contributed by atoms with Gasteiger partial charge in [-0.25, -0.2) is 4.39 Å². The first-order valence-electron chi connectivity index (χ1n) is 6.10. The number of anilines is 1. The van der Waals surface area contributed by atoms with Gasteiger partial charge in [0.1, 0.15) is 5.82 Å². The highest BCUT2D eigenvalue weighted by Gasteiger charge is 2.04. The molecular weight excluding hydrogens is 239 g/mol. The molecule has 0 unspecified atom stereocenters. The normalized spacial score (nSPS) is 10.0. The maximum absolute atomic E-state index is 13.4. The van der Waals surface area contributed by atoms with Crippen LogP contribution in [0.3, 0.4) is 0 Å². The van der Waals surface area contributed by atoms with E-state index in [1.807, 2.05) is 25.1 Å². The number of hydrogen-bond acceptors (Lipinski definition) is 2. The van der Waals surface area contributed by atoms with Crippen molar-refractivity contribution >= 4 is 5.69 Å². The van der Waals surface area contributed by atoms with Crippen molar-refractivity contribution in [2.75, 3.05) is 5.32 Å². The maximum atomic E-state index is 13.4. The van der Waals surface area contributed by atoms with Crippen LogP contribution in [0.15, 0.2) is 36.4 Å². The van der Waals surface area contributed by atoms with E-state index in [4.69, 9.17) is 5.26 Å². The van der Waals surface area contributed by atoms with Gasteiger partial charge in [0.2, 0.25) is 0 Å². The van der Waals surface area contributed by atoms with E-state index < -0.39 is 0 Å². The van der Waals surface area contributed by atoms with Gasteiger partial charge >= 0.3 is 0 Å². The van der Waals surface area contributed by atoms with E-state index in [1.165, 1.54) is 6.07 Å². The lowest BCUT2D eigenvalue weighted by atomic mass is 10.1. The molecule has 0 bridgehead atoms. The highest BCUT2D eigenvalue weighted by molar-refractivity contribution is 5.51. The van der Waals surface area contributed by atoms with Crippen molar-refractivity contribution in [1.29, 1.82) is 5.26 Å². The summed E-state index contributed by atoms with van der Waals surface area (Å²) < 4.78 is 13.4. The van der Waals surface area contributed by atoms with E-state index in [1.54, 1.807) is 19.1 Å². The maximum Gasteiger partial charge on any atom is 0.128 e. The summed E-state index contributed by atoms with van der Waals surface area (Å²) in [5, 5.41) is 12.0. The van der Waals surface area contributed by atoms with Gasteiger partial charge in [0.25, 0.3) is 0 Å². The molecule has 0 heterocycles. The predicted octanol–water partition coefficient (Wildman–Crippen LogP) is 3.93. The van der Waals surface area contributed by atoms with Gasteiger partial charge in [0.05, 0.1) is 11.6 Å². The molecule has 2 aromatic rings. The van der Waals surface area contributed by atoms with Crippen LogP contribution in [0, 0.1) is 31.0 Å². The topological polar surface area (TPSA) is 35.8 Å². The van der Waals surface area contributed by atoms with Crippen molar-refractivity contribution < 1.29 is 4.39 Å². The van der Waals surface area contributed by atoms with Crippen molar-refractivity contribution in [1.82, 2.24) is 0 Å². The Labute approximate surface area is 112 Å². The fourth-order valence-electron chi connectivity index (χ4n) is 1.95. The third-order valence-corrected chi connectivity index (χ3v) is 3.21. The van der Waals surface area contributed by atoms with Gasteiger partial charge in [-0.15, -0.1) is 0 Å². The predicted molar refractivity (Wildman–Crippen MR) is 74.4 cm³/mol. The highest BCUT2D eigenvalue weighted by Crippen LogP contribution is 2.19. The van der Waals surface area contributed by atoms with Gasteiger partial charge in [0.15, 0.2) is 0 Å². The molecular formula is C16H15FN2. The first-order chi connectivity index (χ1) is 9.11. The first kappa shape index (κ1) is 13.1. The van der Waals surface area contributed by atoms with Gasteiger partial charge in [-0.2, -0.15) is 5.26 Å². The molecule has 1 N–H and O–H groups in total. The molecule has 0 saturated heterocycles. The quantitative estimate of drug-likeness (QED) is 0.900. The zero-order valence-corrected chi connectivity index (χ0v) is 11.0. The van der Waals surface area contributed by atoms with E-state index in [2.05, 4.69) is 11.4 Å². The minimum absolute atomic E-state index is 0.207. The number of nitrogens with one attached hydrogen (secondary N) is 1. The third kappa shape index (κ3) is 2.92. The molecule has 0 saturated carbocycles. The molecule has 0 aromatic heterocycles. The van der Waals surface area contributed by atoms with Crippen LogP contribution in [0.1, 0.15) is 22.3 Å². The molecule has 0 aliphatic rings. The van der Waals surface area contributed by atoms with Gasteiger partial charge in [0, 0.05) is 17.8 Å².